The van der Waals surface area contributed by atoms with E-state index in [0.717, 1.165) is 56.1 Å². The van der Waals surface area contributed by atoms with Gasteiger partial charge in [0.2, 0.25) is 5.95 Å². The Hall–Kier alpha value is -3.03. The first kappa shape index (κ1) is 20.7. The van der Waals surface area contributed by atoms with Gasteiger partial charge in [-0.2, -0.15) is 0 Å². The molecular formula is C21H30N6O2. The van der Waals surface area contributed by atoms with Gasteiger partial charge in [-0.05, 0) is 32.0 Å². The Morgan fingerprint density at radius 3 is 2.45 bits per heavy atom. The summed E-state index contributed by atoms with van der Waals surface area (Å²) in [7, 11) is 1.65. The number of piperazine rings is 1. The van der Waals surface area contributed by atoms with E-state index in [1.807, 2.05) is 37.3 Å². The first-order chi connectivity index (χ1) is 14.2. The lowest BCUT2D eigenvalue weighted by atomic mass is 10.3. The molecule has 1 aliphatic heterocycles. The van der Waals surface area contributed by atoms with Crippen molar-refractivity contribution in [3.05, 3.63) is 42.7 Å². The van der Waals surface area contributed by atoms with Crippen LogP contribution in [0.3, 0.4) is 0 Å². The zero-order valence-corrected chi connectivity index (χ0v) is 17.4. The predicted molar refractivity (Wildman–Crippen MR) is 115 cm³/mol. The molecule has 29 heavy (non-hydrogen) atoms. The number of rotatable bonds is 7. The van der Waals surface area contributed by atoms with Crippen molar-refractivity contribution in [1.82, 2.24) is 20.2 Å². The Labute approximate surface area is 172 Å². The van der Waals surface area contributed by atoms with Gasteiger partial charge in [-0.1, -0.05) is 12.1 Å². The molecule has 8 heteroatoms. The van der Waals surface area contributed by atoms with Gasteiger partial charge in [-0.3, -0.25) is 0 Å². The minimum absolute atomic E-state index is 0.0704. The van der Waals surface area contributed by atoms with E-state index in [1.165, 1.54) is 0 Å². The molecular weight excluding hydrogens is 368 g/mol. The van der Waals surface area contributed by atoms with Crippen LogP contribution in [0, 0.1) is 0 Å². The normalized spacial score (nSPS) is 15.8. The minimum Gasteiger partial charge on any atom is -0.493 e. The van der Waals surface area contributed by atoms with Crippen LogP contribution in [0.5, 0.6) is 11.5 Å². The number of aromatic nitrogens is 2. The van der Waals surface area contributed by atoms with Crippen LogP contribution in [0.25, 0.3) is 0 Å². The number of methoxy groups -OCH3 is 1. The lowest BCUT2D eigenvalue weighted by Crippen LogP contribution is -2.53. The van der Waals surface area contributed by atoms with Gasteiger partial charge < -0.3 is 24.6 Å². The van der Waals surface area contributed by atoms with Crippen molar-refractivity contribution in [2.24, 2.45) is 4.99 Å². The second-order valence-corrected chi connectivity index (χ2v) is 6.80. The summed E-state index contributed by atoms with van der Waals surface area (Å²) in [5.74, 6) is 3.16. The molecule has 1 aromatic heterocycles. The van der Waals surface area contributed by atoms with Crippen LogP contribution in [0.4, 0.5) is 5.95 Å². The van der Waals surface area contributed by atoms with Crippen molar-refractivity contribution in [1.29, 1.82) is 0 Å². The molecule has 1 N–H and O–H groups in total. The molecule has 0 aliphatic carbocycles. The fraction of sp³-hybridized carbons (Fsp3) is 0.476. The number of anilines is 1. The molecule has 0 saturated carbocycles. The number of ether oxygens (including phenoxy) is 2. The van der Waals surface area contributed by atoms with E-state index in [2.05, 4.69) is 32.0 Å². The molecule has 156 valence electrons. The summed E-state index contributed by atoms with van der Waals surface area (Å²) < 4.78 is 11.4. The lowest BCUT2D eigenvalue weighted by Gasteiger charge is -2.36. The molecule has 1 aliphatic rings. The molecule has 1 aromatic carbocycles. The van der Waals surface area contributed by atoms with Crippen LogP contribution in [0.2, 0.25) is 0 Å². The number of nitrogens with one attached hydrogen (secondary N) is 1. The third kappa shape index (κ3) is 5.73. The Bertz CT molecular complexity index is 778. The monoisotopic (exact) mass is 398 g/mol. The van der Waals surface area contributed by atoms with Crippen molar-refractivity contribution in [2.75, 3.05) is 51.3 Å². The number of hydrogen-bond donors (Lipinski definition) is 1. The van der Waals surface area contributed by atoms with E-state index in [0.29, 0.717) is 6.54 Å². The van der Waals surface area contributed by atoms with Crippen molar-refractivity contribution in [3.8, 4) is 11.5 Å². The van der Waals surface area contributed by atoms with Gasteiger partial charge in [0, 0.05) is 45.1 Å². The standard InChI is InChI=1S/C21H30N6O2/c1-4-22-20(25-16-17(2)29-19-9-6-5-8-18(19)28-3)26-12-14-27(15-13-26)21-23-10-7-11-24-21/h5-11,17H,4,12-16H2,1-3H3,(H,22,25). The fourth-order valence-electron chi connectivity index (χ4n) is 3.18. The number of aliphatic imine (C=N–C) groups is 1. The highest BCUT2D eigenvalue weighted by Crippen LogP contribution is 2.26. The quantitative estimate of drug-likeness (QED) is 0.565. The zero-order valence-electron chi connectivity index (χ0n) is 17.4. The van der Waals surface area contributed by atoms with E-state index >= 15 is 0 Å². The highest BCUT2D eigenvalue weighted by atomic mass is 16.5. The minimum atomic E-state index is -0.0704. The second-order valence-electron chi connectivity index (χ2n) is 6.80. The van der Waals surface area contributed by atoms with Gasteiger partial charge in [0.15, 0.2) is 17.5 Å². The summed E-state index contributed by atoms with van der Waals surface area (Å²) in [6.45, 7) is 8.94. The third-order valence-electron chi connectivity index (χ3n) is 4.64. The van der Waals surface area contributed by atoms with Crippen LogP contribution >= 0.6 is 0 Å². The summed E-state index contributed by atoms with van der Waals surface area (Å²) in [4.78, 5) is 18.0. The highest BCUT2D eigenvalue weighted by molar-refractivity contribution is 5.80. The van der Waals surface area contributed by atoms with Crippen molar-refractivity contribution in [2.45, 2.75) is 20.0 Å². The van der Waals surface area contributed by atoms with Crippen LogP contribution < -0.4 is 19.7 Å². The Balaban J connectivity index is 1.57. The zero-order chi connectivity index (χ0) is 20.5. The summed E-state index contributed by atoms with van der Waals surface area (Å²) in [5.41, 5.74) is 0. The molecule has 3 rings (SSSR count). The van der Waals surface area contributed by atoms with Crippen molar-refractivity contribution in [3.63, 3.8) is 0 Å². The van der Waals surface area contributed by atoms with Gasteiger partial charge in [-0.25, -0.2) is 15.0 Å². The maximum atomic E-state index is 6.02. The number of guanidine groups is 1. The Kier molecular flexibility index (Phi) is 7.49. The van der Waals surface area contributed by atoms with Gasteiger partial charge in [0.25, 0.3) is 0 Å². The van der Waals surface area contributed by atoms with Gasteiger partial charge in [0.05, 0.1) is 13.7 Å². The summed E-state index contributed by atoms with van der Waals surface area (Å²) in [6, 6.07) is 9.51. The van der Waals surface area contributed by atoms with Gasteiger partial charge in [-0.15, -0.1) is 0 Å². The van der Waals surface area contributed by atoms with Crippen molar-refractivity contribution < 1.29 is 9.47 Å². The largest absolute Gasteiger partial charge is 0.493 e. The van der Waals surface area contributed by atoms with Gasteiger partial charge in [0.1, 0.15) is 6.10 Å². The van der Waals surface area contributed by atoms with E-state index in [1.54, 1.807) is 19.5 Å². The molecule has 8 nitrogen and oxygen atoms in total. The Morgan fingerprint density at radius 1 is 1.10 bits per heavy atom. The first-order valence-corrected chi connectivity index (χ1v) is 10.1. The van der Waals surface area contributed by atoms with E-state index in [-0.39, 0.29) is 6.10 Å². The number of hydrogen-bond acceptors (Lipinski definition) is 6. The molecule has 0 spiro atoms. The van der Waals surface area contributed by atoms with Crippen LogP contribution in [0.15, 0.2) is 47.7 Å². The van der Waals surface area contributed by atoms with Crippen LogP contribution in [-0.4, -0.2) is 73.3 Å². The number of nitrogens with zero attached hydrogens (tertiary/aromatic N) is 5. The molecule has 1 fully saturated rings. The molecule has 2 heterocycles. The SMILES string of the molecule is CCNC(=NCC(C)Oc1ccccc1OC)N1CCN(c2ncccn2)CC1. The molecule has 0 amide bonds. The molecule has 1 saturated heterocycles. The average molecular weight is 399 g/mol. The van der Waals surface area contributed by atoms with Gasteiger partial charge >= 0.3 is 0 Å². The first-order valence-electron chi connectivity index (χ1n) is 10.1. The molecule has 2 aromatic rings. The maximum absolute atomic E-state index is 6.02. The van der Waals surface area contributed by atoms with Crippen molar-refractivity contribution >= 4 is 11.9 Å². The molecule has 0 radical (unpaired) electrons. The number of para-hydroxylation sites is 2. The predicted octanol–water partition coefficient (Wildman–Crippen LogP) is 2.04. The molecule has 0 bridgehead atoms. The highest BCUT2D eigenvalue weighted by Gasteiger charge is 2.21. The second kappa shape index (κ2) is 10.5. The third-order valence-corrected chi connectivity index (χ3v) is 4.64. The topological polar surface area (TPSA) is 75.1 Å². The average Bonchev–Trinajstić information content (AvgIpc) is 2.78. The maximum Gasteiger partial charge on any atom is 0.225 e. The molecule has 1 atom stereocenters. The van der Waals surface area contributed by atoms with E-state index in [9.17, 15) is 0 Å². The van der Waals surface area contributed by atoms with Crippen LogP contribution in [0.1, 0.15) is 13.8 Å². The van der Waals surface area contributed by atoms with E-state index in [4.69, 9.17) is 14.5 Å². The fourth-order valence-corrected chi connectivity index (χ4v) is 3.18. The lowest BCUT2D eigenvalue weighted by molar-refractivity contribution is 0.218. The smallest absolute Gasteiger partial charge is 0.225 e. The van der Waals surface area contributed by atoms with E-state index < -0.39 is 0 Å². The van der Waals surface area contributed by atoms with Crippen LogP contribution in [-0.2, 0) is 0 Å². The Morgan fingerprint density at radius 2 is 1.79 bits per heavy atom. The summed E-state index contributed by atoms with van der Waals surface area (Å²) in [6.07, 6.45) is 3.49. The molecule has 1 unspecified atom stereocenters. The summed E-state index contributed by atoms with van der Waals surface area (Å²) in [5, 5.41) is 3.39. The summed E-state index contributed by atoms with van der Waals surface area (Å²) >= 11 is 0. The number of benzene rings is 1.